The molecule has 0 aliphatic heterocycles. The summed E-state index contributed by atoms with van der Waals surface area (Å²) in [5.41, 5.74) is 5.44. The Kier molecular flexibility index (Phi) is 4.51. The Morgan fingerprint density at radius 2 is 1.70 bits per heavy atom. The molecule has 0 bridgehead atoms. The van der Waals surface area contributed by atoms with Gasteiger partial charge in [0.05, 0.1) is 12.8 Å². The maximum Gasteiger partial charge on any atom is 0.210 e. The molecule has 3 nitrogen and oxygen atoms in total. The van der Waals surface area contributed by atoms with E-state index in [0.717, 1.165) is 40.1 Å². The molecule has 0 N–H and O–H groups in total. The summed E-state index contributed by atoms with van der Waals surface area (Å²) >= 11 is 0. The highest BCUT2D eigenvalue weighted by Gasteiger charge is 2.21. The fourth-order valence-electron chi connectivity index (χ4n) is 3.54. The van der Waals surface area contributed by atoms with Crippen molar-refractivity contribution in [1.29, 1.82) is 0 Å². The van der Waals surface area contributed by atoms with Crippen LogP contribution in [0.3, 0.4) is 0 Å². The van der Waals surface area contributed by atoms with Crippen LogP contribution in [0.15, 0.2) is 79.0 Å². The first-order chi connectivity index (χ1) is 13.2. The van der Waals surface area contributed by atoms with Crippen molar-refractivity contribution in [2.75, 3.05) is 7.11 Å². The van der Waals surface area contributed by atoms with Crippen molar-refractivity contribution in [3.8, 4) is 16.9 Å². The first-order valence-electron chi connectivity index (χ1n) is 9.10. The number of carbonyl (C=O) groups is 1. The summed E-state index contributed by atoms with van der Waals surface area (Å²) in [6, 6.07) is 23.8. The van der Waals surface area contributed by atoms with Crippen LogP contribution in [-0.4, -0.2) is 17.3 Å². The molecule has 134 valence electrons. The van der Waals surface area contributed by atoms with Gasteiger partial charge in [0.1, 0.15) is 5.75 Å². The lowest BCUT2D eigenvalue weighted by Gasteiger charge is -2.11. The van der Waals surface area contributed by atoms with Crippen LogP contribution in [0.1, 0.15) is 28.5 Å². The molecule has 0 amide bonds. The van der Waals surface area contributed by atoms with Crippen LogP contribution in [0.5, 0.6) is 5.75 Å². The molecule has 2 heterocycles. The Bertz CT molecular complexity index is 1110. The predicted molar refractivity (Wildman–Crippen MR) is 109 cm³/mol. The molecule has 0 saturated carbocycles. The fourth-order valence-corrected chi connectivity index (χ4v) is 3.54. The van der Waals surface area contributed by atoms with E-state index in [-0.39, 0.29) is 5.78 Å². The average Bonchev–Trinajstić information content (AvgIpc) is 3.11. The lowest BCUT2D eigenvalue weighted by molar-refractivity contribution is 0.103. The molecule has 0 atom stereocenters. The number of aromatic nitrogens is 1. The van der Waals surface area contributed by atoms with Crippen molar-refractivity contribution in [3.63, 3.8) is 0 Å². The Morgan fingerprint density at radius 1 is 0.963 bits per heavy atom. The van der Waals surface area contributed by atoms with E-state index in [2.05, 4.69) is 13.0 Å². The molecule has 2 aromatic carbocycles. The van der Waals surface area contributed by atoms with Gasteiger partial charge in [0.25, 0.3) is 0 Å². The van der Waals surface area contributed by atoms with Crippen molar-refractivity contribution in [3.05, 3.63) is 95.8 Å². The van der Waals surface area contributed by atoms with Crippen LogP contribution in [-0.2, 0) is 6.42 Å². The van der Waals surface area contributed by atoms with Crippen LogP contribution in [0.4, 0.5) is 0 Å². The second-order valence-electron chi connectivity index (χ2n) is 6.47. The number of hydrogen-bond acceptors (Lipinski definition) is 2. The highest BCUT2D eigenvalue weighted by molar-refractivity contribution is 6.13. The van der Waals surface area contributed by atoms with Gasteiger partial charge < -0.3 is 9.14 Å². The van der Waals surface area contributed by atoms with E-state index in [1.54, 1.807) is 7.11 Å². The minimum Gasteiger partial charge on any atom is -0.497 e. The van der Waals surface area contributed by atoms with Gasteiger partial charge in [-0.15, -0.1) is 0 Å². The molecule has 3 heteroatoms. The van der Waals surface area contributed by atoms with E-state index >= 15 is 0 Å². The maximum absolute atomic E-state index is 13.6. The molecule has 0 spiro atoms. The zero-order valence-corrected chi connectivity index (χ0v) is 15.5. The van der Waals surface area contributed by atoms with Gasteiger partial charge in [0.2, 0.25) is 5.78 Å². The fraction of sp³-hybridized carbons (Fsp3) is 0.125. The number of nitrogens with zero attached hydrogens (tertiary/aromatic N) is 1. The van der Waals surface area contributed by atoms with E-state index in [9.17, 15) is 4.79 Å². The quantitative estimate of drug-likeness (QED) is 0.448. The molecular formula is C24H21NO2. The average molecular weight is 355 g/mol. The molecule has 4 rings (SSSR count). The van der Waals surface area contributed by atoms with E-state index < -0.39 is 0 Å². The molecule has 0 aliphatic rings. The van der Waals surface area contributed by atoms with Crippen LogP contribution in [0, 0.1) is 0 Å². The van der Waals surface area contributed by atoms with E-state index in [4.69, 9.17) is 4.74 Å². The predicted octanol–water partition coefficient (Wildman–Crippen LogP) is 5.41. The smallest absolute Gasteiger partial charge is 0.210 e. The number of carbonyl (C=O) groups excluding carboxylic acids is 1. The van der Waals surface area contributed by atoms with Crippen LogP contribution < -0.4 is 4.74 Å². The third kappa shape index (κ3) is 3.02. The SMILES string of the molecule is CCc1cc2cc(OC)ccn2c1C(=O)c1ccccc1-c1ccccc1. The number of pyridine rings is 1. The minimum absolute atomic E-state index is 0.0384. The second-order valence-corrected chi connectivity index (χ2v) is 6.47. The van der Waals surface area contributed by atoms with Gasteiger partial charge in [-0.3, -0.25) is 4.79 Å². The van der Waals surface area contributed by atoms with Gasteiger partial charge in [-0.2, -0.15) is 0 Å². The summed E-state index contributed by atoms with van der Waals surface area (Å²) in [5, 5.41) is 0. The molecule has 4 aromatic rings. The largest absolute Gasteiger partial charge is 0.497 e. The summed E-state index contributed by atoms with van der Waals surface area (Å²) in [6.45, 7) is 2.08. The standard InChI is InChI=1S/C24H21NO2/c1-3-17-15-19-16-20(27-2)13-14-25(19)23(17)24(26)22-12-8-7-11-21(22)18-9-5-4-6-10-18/h4-16H,3H2,1-2H3. The second kappa shape index (κ2) is 7.12. The summed E-state index contributed by atoms with van der Waals surface area (Å²) in [6.07, 6.45) is 2.70. The monoisotopic (exact) mass is 355 g/mol. The zero-order valence-electron chi connectivity index (χ0n) is 15.5. The topological polar surface area (TPSA) is 30.7 Å². The van der Waals surface area contributed by atoms with Gasteiger partial charge in [-0.25, -0.2) is 0 Å². The lowest BCUT2D eigenvalue weighted by atomic mass is 9.94. The van der Waals surface area contributed by atoms with Gasteiger partial charge in [-0.05, 0) is 35.2 Å². The van der Waals surface area contributed by atoms with Gasteiger partial charge in [-0.1, -0.05) is 61.5 Å². The van der Waals surface area contributed by atoms with Gasteiger partial charge in [0, 0.05) is 23.3 Å². The van der Waals surface area contributed by atoms with Gasteiger partial charge in [0.15, 0.2) is 0 Å². The number of ether oxygens (including phenoxy) is 1. The molecule has 0 aliphatic carbocycles. The molecule has 0 saturated heterocycles. The Balaban J connectivity index is 1.90. The first-order valence-corrected chi connectivity index (χ1v) is 9.10. The summed E-state index contributed by atoms with van der Waals surface area (Å²) in [4.78, 5) is 13.6. The van der Waals surface area contributed by atoms with Crippen molar-refractivity contribution in [2.24, 2.45) is 0 Å². The molecule has 0 unspecified atom stereocenters. The van der Waals surface area contributed by atoms with Crippen molar-refractivity contribution < 1.29 is 9.53 Å². The molecule has 2 aromatic heterocycles. The summed E-state index contributed by atoms with van der Waals surface area (Å²) in [5.74, 6) is 0.822. The van der Waals surface area contributed by atoms with E-state index in [1.807, 2.05) is 77.3 Å². The third-order valence-corrected chi connectivity index (χ3v) is 4.91. The number of fused-ring (bicyclic) bond motifs is 1. The van der Waals surface area contributed by atoms with Crippen molar-refractivity contribution in [2.45, 2.75) is 13.3 Å². The lowest BCUT2D eigenvalue weighted by Crippen LogP contribution is -2.09. The third-order valence-electron chi connectivity index (χ3n) is 4.91. The molecule has 0 radical (unpaired) electrons. The number of benzene rings is 2. The zero-order chi connectivity index (χ0) is 18.8. The molecule has 0 fully saturated rings. The summed E-state index contributed by atoms with van der Waals surface area (Å²) < 4.78 is 7.29. The first kappa shape index (κ1) is 17.1. The summed E-state index contributed by atoms with van der Waals surface area (Å²) in [7, 11) is 1.65. The number of methoxy groups -OCH3 is 1. The van der Waals surface area contributed by atoms with E-state index in [0.29, 0.717) is 5.56 Å². The van der Waals surface area contributed by atoms with Crippen LogP contribution in [0.25, 0.3) is 16.6 Å². The normalized spacial score (nSPS) is 10.9. The highest BCUT2D eigenvalue weighted by atomic mass is 16.5. The molecule has 27 heavy (non-hydrogen) atoms. The number of rotatable bonds is 5. The van der Waals surface area contributed by atoms with E-state index in [1.165, 1.54) is 0 Å². The van der Waals surface area contributed by atoms with Crippen molar-refractivity contribution in [1.82, 2.24) is 4.40 Å². The Labute approximate surface area is 158 Å². The van der Waals surface area contributed by atoms with Gasteiger partial charge >= 0.3 is 0 Å². The van der Waals surface area contributed by atoms with Crippen LogP contribution in [0.2, 0.25) is 0 Å². The molecular weight excluding hydrogens is 334 g/mol. The number of aryl methyl sites for hydroxylation is 1. The Hall–Kier alpha value is -3.33. The number of hydrogen-bond donors (Lipinski definition) is 0. The Morgan fingerprint density at radius 3 is 2.44 bits per heavy atom. The minimum atomic E-state index is 0.0384. The maximum atomic E-state index is 13.6. The van der Waals surface area contributed by atoms with Crippen LogP contribution >= 0.6 is 0 Å². The van der Waals surface area contributed by atoms with Crippen molar-refractivity contribution >= 4 is 11.3 Å². The highest BCUT2D eigenvalue weighted by Crippen LogP contribution is 2.29. The number of ketones is 1.